The third-order valence-corrected chi connectivity index (χ3v) is 6.64. The third-order valence-electron chi connectivity index (χ3n) is 5.73. The number of benzene rings is 1. The first-order valence-corrected chi connectivity index (χ1v) is 11.8. The van der Waals surface area contributed by atoms with Gasteiger partial charge < -0.3 is 10.2 Å². The molecule has 1 aromatic rings. The molecule has 2 fully saturated rings. The van der Waals surface area contributed by atoms with Gasteiger partial charge in [-0.3, -0.25) is 14.5 Å². The molecule has 8 nitrogen and oxygen atoms in total. The summed E-state index contributed by atoms with van der Waals surface area (Å²) in [6, 6.07) is 5.88. The molecule has 1 aromatic carbocycles. The Balaban J connectivity index is 1.43. The second-order valence-corrected chi connectivity index (χ2v) is 9.55. The molecule has 0 atom stereocenters. The van der Waals surface area contributed by atoms with Gasteiger partial charge >= 0.3 is 0 Å². The van der Waals surface area contributed by atoms with Crippen LogP contribution in [0.3, 0.4) is 0 Å². The summed E-state index contributed by atoms with van der Waals surface area (Å²) >= 11 is 0. The summed E-state index contributed by atoms with van der Waals surface area (Å²) in [6.07, 6.45) is 6.75. The van der Waals surface area contributed by atoms with Crippen molar-refractivity contribution in [2.24, 2.45) is 11.1 Å². The second-order valence-electron chi connectivity index (χ2n) is 7.99. The normalized spacial score (nSPS) is 19.1. The van der Waals surface area contributed by atoms with Crippen LogP contribution in [0.15, 0.2) is 29.2 Å². The van der Waals surface area contributed by atoms with Crippen molar-refractivity contribution in [2.45, 2.75) is 43.4 Å². The van der Waals surface area contributed by atoms with Crippen molar-refractivity contribution in [3.63, 3.8) is 0 Å². The maximum absolute atomic E-state index is 12.5. The molecule has 9 heteroatoms. The van der Waals surface area contributed by atoms with Gasteiger partial charge in [-0.05, 0) is 37.0 Å². The van der Waals surface area contributed by atoms with E-state index in [0.717, 1.165) is 0 Å². The molecule has 160 valence electrons. The van der Waals surface area contributed by atoms with Gasteiger partial charge in [-0.1, -0.05) is 25.3 Å². The fraction of sp³-hybridized carbons (Fsp3) is 0.600. The molecule has 29 heavy (non-hydrogen) atoms. The van der Waals surface area contributed by atoms with Gasteiger partial charge in [-0.25, -0.2) is 13.6 Å². The smallest absolute Gasteiger partial charge is 0.238 e. The molecule has 1 aliphatic heterocycles. The molecule has 1 heterocycles. The van der Waals surface area contributed by atoms with Gasteiger partial charge in [0, 0.05) is 38.3 Å². The number of nitrogens with zero attached hydrogens (tertiary/aromatic N) is 2. The lowest BCUT2D eigenvalue weighted by Gasteiger charge is -2.35. The molecule has 2 amide bonds. The van der Waals surface area contributed by atoms with E-state index in [9.17, 15) is 18.0 Å². The van der Waals surface area contributed by atoms with Crippen molar-refractivity contribution in [1.29, 1.82) is 0 Å². The van der Waals surface area contributed by atoms with Crippen LogP contribution in [0.1, 0.15) is 38.5 Å². The van der Waals surface area contributed by atoms with E-state index in [1.807, 2.05) is 9.80 Å². The minimum Gasteiger partial charge on any atom is -0.340 e. The maximum atomic E-state index is 12.5. The lowest BCUT2D eigenvalue weighted by Crippen LogP contribution is -2.50. The number of nitrogens with two attached hydrogens (primary N) is 1. The molecule has 0 aromatic heterocycles. The first-order valence-electron chi connectivity index (χ1n) is 10.2. The molecule has 3 N–H and O–H groups in total. The Morgan fingerprint density at radius 2 is 1.76 bits per heavy atom. The SMILES string of the molecule is NS(=O)(=O)c1cccc(NC(=O)CN2CCN(C(=O)CC3CCCCC3)CC2)c1. The highest BCUT2D eigenvalue weighted by molar-refractivity contribution is 7.89. The molecular formula is C20H30N4O4S. The van der Waals surface area contributed by atoms with Crippen molar-refractivity contribution < 1.29 is 18.0 Å². The van der Waals surface area contributed by atoms with E-state index < -0.39 is 10.0 Å². The lowest BCUT2D eigenvalue weighted by atomic mass is 9.86. The van der Waals surface area contributed by atoms with Crippen molar-refractivity contribution in [1.82, 2.24) is 9.80 Å². The predicted molar refractivity (Wildman–Crippen MR) is 111 cm³/mol. The fourth-order valence-electron chi connectivity index (χ4n) is 4.08. The quantitative estimate of drug-likeness (QED) is 0.719. The molecule has 0 spiro atoms. The highest BCUT2D eigenvalue weighted by atomic mass is 32.2. The van der Waals surface area contributed by atoms with Crippen LogP contribution in [-0.2, 0) is 19.6 Å². The topological polar surface area (TPSA) is 113 Å². The van der Waals surface area contributed by atoms with E-state index in [4.69, 9.17) is 5.14 Å². The van der Waals surface area contributed by atoms with E-state index >= 15 is 0 Å². The average molecular weight is 423 g/mol. The number of nitrogens with one attached hydrogen (secondary N) is 1. The Kier molecular flexibility index (Phi) is 7.26. The van der Waals surface area contributed by atoms with Crippen molar-refractivity contribution >= 4 is 27.5 Å². The van der Waals surface area contributed by atoms with Crippen molar-refractivity contribution in [3.05, 3.63) is 24.3 Å². The minimum atomic E-state index is -3.81. The summed E-state index contributed by atoms with van der Waals surface area (Å²) in [5.41, 5.74) is 0.392. The van der Waals surface area contributed by atoms with E-state index in [2.05, 4.69) is 5.32 Å². The number of primary sulfonamides is 1. The summed E-state index contributed by atoms with van der Waals surface area (Å²) < 4.78 is 22.8. The van der Waals surface area contributed by atoms with Crippen LogP contribution >= 0.6 is 0 Å². The number of anilines is 1. The Labute approximate surface area is 172 Å². The van der Waals surface area contributed by atoms with Crippen molar-refractivity contribution in [2.75, 3.05) is 38.0 Å². The van der Waals surface area contributed by atoms with Gasteiger partial charge in [0.25, 0.3) is 0 Å². The van der Waals surface area contributed by atoms with E-state index in [1.54, 1.807) is 6.07 Å². The highest BCUT2D eigenvalue weighted by Crippen LogP contribution is 2.27. The monoisotopic (exact) mass is 422 g/mol. The zero-order chi connectivity index (χ0) is 20.9. The first kappa shape index (κ1) is 21.7. The van der Waals surface area contributed by atoms with E-state index in [-0.39, 0.29) is 23.3 Å². The molecule has 1 aliphatic carbocycles. The molecule has 1 saturated carbocycles. The number of rotatable bonds is 6. The van der Waals surface area contributed by atoms with Gasteiger partial charge in [0.15, 0.2) is 0 Å². The maximum Gasteiger partial charge on any atom is 0.238 e. The Morgan fingerprint density at radius 3 is 2.41 bits per heavy atom. The highest BCUT2D eigenvalue weighted by Gasteiger charge is 2.25. The molecule has 0 radical (unpaired) electrons. The summed E-state index contributed by atoms with van der Waals surface area (Å²) in [6.45, 7) is 2.78. The van der Waals surface area contributed by atoms with Crippen LogP contribution in [0.4, 0.5) is 5.69 Å². The van der Waals surface area contributed by atoms with Gasteiger partial charge in [0.2, 0.25) is 21.8 Å². The standard InChI is InChI=1S/C20H30N4O4S/c21-29(27,28)18-8-4-7-17(14-18)22-19(25)15-23-9-11-24(12-10-23)20(26)13-16-5-2-1-3-6-16/h4,7-8,14,16H,1-3,5-6,9-13,15H2,(H,22,25)(H2,21,27,28). The summed E-state index contributed by atoms with van der Waals surface area (Å²) in [7, 11) is -3.81. The van der Waals surface area contributed by atoms with Gasteiger partial charge in [0.1, 0.15) is 0 Å². The zero-order valence-electron chi connectivity index (χ0n) is 16.7. The summed E-state index contributed by atoms with van der Waals surface area (Å²) in [4.78, 5) is 28.7. The second kappa shape index (κ2) is 9.69. The molecule has 0 bridgehead atoms. The predicted octanol–water partition coefficient (Wildman–Crippen LogP) is 1.39. The largest absolute Gasteiger partial charge is 0.340 e. The van der Waals surface area contributed by atoms with E-state index in [1.165, 1.54) is 50.3 Å². The number of hydrogen-bond donors (Lipinski definition) is 2. The van der Waals surface area contributed by atoms with Gasteiger partial charge in [-0.15, -0.1) is 0 Å². The van der Waals surface area contributed by atoms with Crippen molar-refractivity contribution in [3.8, 4) is 0 Å². The number of sulfonamides is 1. The summed E-state index contributed by atoms with van der Waals surface area (Å²) in [5, 5.41) is 7.83. The lowest BCUT2D eigenvalue weighted by molar-refractivity contribution is -0.134. The molecule has 2 aliphatic rings. The Hall–Kier alpha value is -1.97. The van der Waals surface area contributed by atoms with Crippen LogP contribution in [0.5, 0.6) is 0 Å². The number of piperazine rings is 1. The number of carbonyl (C=O) groups is 2. The summed E-state index contributed by atoms with van der Waals surface area (Å²) in [5.74, 6) is 0.549. The van der Waals surface area contributed by atoms with Crippen LogP contribution in [-0.4, -0.2) is 62.8 Å². The zero-order valence-corrected chi connectivity index (χ0v) is 17.5. The van der Waals surface area contributed by atoms with E-state index in [0.29, 0.717) is 44.2 Å². The van der Waals surface area contributed by atoms with Crippen LogP contribution in [0.2, 0.25) is 0 Å². The third kappa shape index (κ3) is 6.52. The minimum absolute atomic E-state index is 0.0413. The van der Waals surface area contributed by atoms with Gasteiger partial charge in [0.05, 0.1) is 11.4 Å². The average Bonchev–Trinajstić information content (AvgIpc) is 2.69. The molecule has 1 saturated heterocycles. The Bertz CT molecular complexity index is 829. The molecule has 3 rings (SSSR count). The Morgan fingerprint density at radius 1 is 1.07 bits per heavy atom. The molecular weight excluding hydrogens is 392 g/mol. The van der Waals surface area contributed by atoms with Crippen LogP contribution < -0.4 is 10.5 Å². The number of hydrogen-bond acceptors (Lipinski definition) is 5. The van der Waals surface area contributed by atoms with Crippen LogP contribution in [0.25, 0.3) is 0 Å². The fourth-order valence-corrected chi connectivity index (χ4v) is 4.64. The first-order chi connectivity index (χ1) is 13.8. The number of carbonyl (C=O) groups excluding carboxylic acids is 2. The van der Waals surface area contributed by atoms with Crippen LogP contribution in [0, 0.1) is 5.92 Å². The number of amides is 2. The van der Waals surface area contributed by atoms with Gasteiger partial charge in [-0.2, -0.15) is 0 Å². The molecule has 0 unspecified atom stereocenters.